The molecular weight excluding hydrogens is 864 g/mol. The Kier molecular flexibility index (Phi) is 14.3. The van der Waals surface area contributed by atoms with Gasteiger partial charge in [-0.2, -0.15) is 0 Å². The van der Waals surface area contributed by atoms with Crippen molar-refractivity contribution in [3.05, 3.63) is 46.9 Å². The molecule has 64 heavy (non-hydrogen) atoms. The second-order valence-corrected chi connectivity index (χ2v) is 16.6. The number of carbonyl (C=O) groups is 4. The lowest BCUT2D eigenvalue weighted by Crippen LogP contribution is -2.60. The number of aliphatic hydroxyl groups is 8. The quantitative estimate of drug-likeness (QED) is 0.0653. The molecule has 4 heterocycles. The highest BCUT2D eigenvalue weighted by atomic mass is 16.8. The number of aliphatic carboxylic acids is 2. The van der Waals surface area contributed by atoms with Gasteiger partial charge >= 0.3 is 23.9 Å². The Hall–Kier alpha value is -4.70. The number of fused-ring (bicyclic) bond motifs is 2. The first-order chi connectivity index (χ1) is 30.4. The van der Waals surface area contributed by atoms with Crippen LogP contribution in [0.4, 0.5) is 0 Å². The first kappa shape index (κ1) is 47.3. The molecule has 2 saturated carbocycles. The van der Waals surface area contributed by atoms with Gasteiger partial charge in [-0.1, -0.05) is 0 Å². The van der Waals surface area contributed by atoms with Crippen LogP contribution in [0.25, 0.3) is 0 Å². The van der Waals surface area contributed by atoms with Gasteiger partial charge in [-0.15, -0.1) is 0 Å². The lowest BCUT2D eigenvalue weighted by molar-refractivity contribution is -0.343. The van der Waals surface area contributed by atoms with E-state index in [2.05, 4.69) is 0 Å². The molecule has 0 radical (unpaired) electrons. The lowest BCUT2D eigenvalue weighted by Gasteiger charge is -2.43. The Bertz CT molecular complexity index is 1830. The third-order valence-electron chi connectivity index (χ3n) is 12.9. The largest absolute Gasteiger partial charge is 0.507 e. The summed E-state index contributed by atoms with van der Waals surface area (Å²) < 4.78 is 44.7. The molecule has 7 rings (SSSR count). The zero-order valence-corrected chi connectivity index (χ0v) is 33.6. The number of aliphatic hydroxyl groups excluding tert-OH is 8. The summed E-state index contributed by atoms with van der Waals surface area (Å²) in [5.74, 6) is -10.9. The number of rotatable bonds is 14. The second kappa shape index (κ2) is 19.4. The number of carboxylic acid groups (broad SMARTS) is 2. The van der Waals surface area contributed by atoms with Gasteiger partial charge in [0.25, 0.3) is 0 Å². The number of aromatic hydroxyl groups is 2. The lowest BCUT2D eigenvalue weighted by atomic mass is 9.83. The maximum Gasteiger partial charge on any atom is 0.342 e. The van der Waals surface area contributed by atoms with E-state index in [0.29, 0.717) is 0 Å². The fourth-order valence-electron chi connectivity index (χ4n) is 9.50. The van der Waals surface area contributed by atoms with E-state index in [4.69, 9.17) is 37.9 Å². The molecule has 24 heteroatoms. The van der Waals surface area contributed by atoms with E-state index < -0.39 is 182 Å². The normalized spacial score (nSPS) is 39.2. The van der Waals surface area contributed by atoms with E-state index >= 15 is 0 Å². The van der Waals surface area contributed by atoms with Crippen LogP contribution < -0.4 is 0 Å². The van der Waals surface area contributed by atoms with E-state index in [1.165, 1.54) is 0 Å². The number of benzene rings is 1. The Balaban J connectivity index is 0.994. The van der Waals surface area contributed by atoms with Crippen molar-refractivity contribution < 1.29 is 118 Å². The predicted octanol–water partition coefficient (Wildman–Crippen LogP) is -3.02. The van der Waals surface area contributed by atoms with Gasteiger partial charge in [0, 0.05) is 35.5 Å². The summed E-state index contributed by atoms with van der Waals surface area (Å²) in [5.41, 5.74) is -1.35. The highest BCUT2D eigenvalue weighted by molar-refractivity contribution is 5.98. The predicted molar refractivity (Wildman–Crippen MR) is 201 cm³/mol. The molecule has 2 aliphatic carbocycles. The molecule has 0 spiro atoms. The zero-order valence-electron chi connectivity index (χ0n) is 33.6. The van der Waals surface area contributed by atoms with Crippen molar-refractivity contribution in [1.29, 1.82) is 0 Å². The van der Waals surface area contributed by atoms with Gasteiger partial charge in [0.2, 0.25) is 12.6 Å². The Morgan fingerprint density at radius 2 is 0.922 bits per heavy atom. The minimum Gasteiger partial charge on any atom is -0.507 e. The topological polar surface area (TPSA) is 385 Å². The van der Waals surface area contributed by atoms with Crippen molar-refractivity contribution in [2.75, 3.05) is 26.4 Å². The summed E-state index contributed by atoms with van der Waals surface area (Å²) in [5, 5.41) is 122. The van der Waals surface area contributed by atoms with Gasteiger partial charge in [0.05, 0.1) is 50.1 Å². The van der Waals surface area contributed by atoms with Gasteiger partial charge in [0.15, 0.2) is 12.6 Å². The molecule has 1 aromatic carbocycles. The molecule has 0 aromatic heterocycles. The molecule has 4 aliphatic heterocycles. The standard InChI is InChI=1S/C40H50O24/c41-7-23-27(45)29(47)31(49)39(61-23)63-37-25-13(1-3-15(25)19(11-59-37)33(51)52)9-57-35(55)17-5-22(44)18(6-21(17)43)36(56)58-10-14-2-4-16-20(34(53)54)12-60-38(26(14)16)64-40-32(50)30(48)28(46)24(8-42)62-40/h5-6,11-16,23-32,37-50H,1-4,7-10H2,(H,51,52)(H,53,54). The van der Waals surface area contributed by atoms with Crippen molar-refractivity contribution in [2.24, 2.45) is 35.5 Å². The molecule has 354 valence electrons. The summed E-state index contributed by atoms with van der Waals surface area (Å²) >= 11 is 0. The first-order valence-corrected chi connectivity index (χ1v) is 20.4. The van der Waals surface area contributed by atoms with Gasteiger partial charge in [-0.3, -0.25) is 0 Å². The number of carboxylic acids is 2. The highest BCUT2D eigenvalue weighted by Crippen LogP contribution is 2.49. The molecule has 18 unspecified atom stereocenters. The van der Waals surface area contributed by atoms with Crippen LogP contribution in [0, 0.1) is 35.5 Å². The van der Waals surface area contributed by atoms with E-state index in [1.807, 2.05) is 0 Å². The van der Waals surface area contributed by atoms with Crippen molar-refractivity contribution in [3.8, 4) is 11.5 Å². The molecule has 4 fully saturated rings. The number of carbonyl (C=O) groups excluding carboxylic acids is 2. The average molecular weight is 915 g/mol. The van der Waals surface area contributed by atoms with Crippen LogP contribution in [-0.4, -0.2) is 186 Å². The maximum atomic E-state index is 13.3. The number of ether oxygens (including phenoxy) is 8. The number of hydrogen-bond donors (Lipinski definition) is 12. The second-order valence-electron chi connectivity index (χ2n) is 16.6. The van der Waals surface area contributed by atoms with Crippen LogP contribution in [0.2, 0.25) is 0 Å². The fourth-order valence-corrected chi connectivity index (χ4v) is 9.50. The van der Waals surface area contributed by atoms with E-state index in [0.717, 1.165) is 24.7 Å². The van der Waals surface area contributed by atoms with Crippen LogP contribution in [0.1, 0.15) is 46.4 Å². The number of phenols is 2. The highest BCUT2D eigenvalue weighted by Gasteiger charge is 2.54. The number of phenolic OH excluding ortho intramolecular Hbond substituents is 2. The number of esters is 2. The third kappa shape index (κ3) is 9.10. The Morgan fingerprint density at radius 1 is 0.547 bits per heavy atom. The fraction of sp³-hybridized carbons (Fsp3) is 0.650. The summed E-state index contributed by atoms with van der Waals surface area (Å²) in [6, 6.07) is 1.53. The third-order valence-corrected chi connectivity index (χ3v) is 12.9. The van der Waals surface area contributed by atoms with Gasteiger partial charge in [0.1, 0.15) is 71.5 Å². The van der Waals surface area contributed by atoms with Crippen LogP contribution in [0.15, 0.2) is 35.8 Å². The summed E-state index contributed by atoms with van der Waals surface area (Å²) in [4.78, 5) is 50.7. The molecule has 12 N–H and O–H groups in total. The average Bonchev–Trinajstić information content (AvgIpc) is 3.91. The minimum atomic E-state index is -1.80. The zero-order chi connectivity index (χ0) is 46.3. The van der Waals surface area contributed by atoms with E-state index in [-0.39, 0.29) is 36.8 Å². The van der Waals surface area contributed by atoms with Gasteiger partial charge in [-0.05, 0) is 37.8 Å². The van der Waals surface area contributed by atoms with Crippen molar-refractivity contribution >= 4 is 23.9 Å². The minimum absolute atomic E-state index is 0.111. The van der Waals surface area contributed by atoms with Crippen LogP contribution in [0.3, 0.4) is 0 Å². The molecular formula is C40H50O24. The molecule has 24 nitrogen and oxygen atoms in total. The van der Waals surface area contributed by atoms with E-state index in [9.17, 15) is 80.5 Å². The monoisotopic (exact) mass is 914 g/mol. The van der Waals surface area contributed by atoms with Crippen molar-refractivity contribution in [2.45, 2.75) is 99.7 Å². The van der Waals surface area contributed by atoms with Crippen molar-refractivity contribution in [1.82, 2.24) is 0 Å². The summed E-state index contributed by atoms with van der Waals surface area (Å²) in [6.45, 7) is -2.28. The molecule has 2 saturated heterocycles. The SMILES string of the molecule is O=C(O)C1=COC(OC2OC(CO)C(O)C(O)C2O)C2C(COC(=O)c3cc(O)c(C(=O)OCC4CCC5C(C(=O)O)=COC(OC6OC(CO)C(O)C(O)C6O)C45)cc3O)CCC12. The molecule has 6 aliphatic rings. The number of hydrogen-bond acceptors (Lipinski definition) is 22. The van der Waals surface area contributed by atoms with Gasteiger partial charge in [-0.25, -0.2) is 19.2 Å². The maximum absolute atomic E-state index is 13.3. The Labute approximate surface area is 362 Å². The van der Waals surface area contributed by atoms with Crippen molar-refractivity contribution in [3.63, 3.8) is 0 Å². The Morgan fingerprint density at radius 3 is 1.27 bits per heavy atom. The summed E-state index contributed by atoms with van der Waals surface area (Å²) in [7, 11) is 0. The summed E-state index contributed by atoms with van der Waals surface area (Å²) in [6.07, 6.45) is -16.0. The van der Waals surface area contributed by atoms with Crippen LogP contribution in [0.5, 0.6) is 11.5 Å². The molecule has 18 atom stereocenters. The van der Waals surface area contributed by atoms with Gasteiger partial charge < -0.3 is 99.2 Å². The first-order valence-electron chi connectivity index (χ1n) is 20.4. The smallest absolute Gasteiger partial charge is 0.342 e. The van der Waals surface area contributed by atoms with Crippen LogP contribution in [-0.2, 0) is 47.5 Å². The molecule has 0 amide bonds. The van der Waals surface area contributed by atoms with Crippen LogP contribution >= 0.6 is 0 Å². The molecule has 0 bridgehead atoms. The molecule has 1 aromatic rings. The van der Waals surface area contributed by atoms with E-state index in [1.54, 1.807) is 0 Å².